The largest absolute Gasteiger partial charge is 0.481 e. The van der Waals surface area contributed by atoms with Crippen molar-refractivity contribution in [2.45, 2.75) is 17.6 Å². The van der Waals surface area contributed by atoms with Crippen LogP contribution in [0.2, 0.25) is 5.02 Å². The third-order valence-electron chi connectivity index (χ3n) is 5.42. The first kappa shape index (κ1) is 19.6. The molecule has 3 aromatic carbocycles. The van der Waals surface area contributed by atoms with Crippen molar-refractivity contribution in [1.82, 2.24) is 0 Å². The van der Waals surface area contributed by atoms with E-state index in [1.165, 1.54) is 0 Å². The van der Waals surface area contributed by atoms with Gasteiger partial charge in [0.15, 0.2) is 0 Å². The number of hydrogen-bond donors (Lipinski definition) is 1. The highest BCUT2D eigenvalue weighted by Gasteiger charge is 2.48. The zero-order valence-electron chi connectivity index (χ0n) is 15.8. The van der Waals surface area contributed by atoms with E-state index in [1.807, 2.05) is 60.7 Å². The van der Waals surface area contributed by atoms with E-state index >= 15 is 0 Å². The zero-order valence-corrected chi connectivity index (χ0v) is 16.5. The Hall–Kier alpha value is -2.66. The lowest BCUT2D eigenvalue weighted by Gasteiger charge is -2.46. The van der Waals surface area contributed by atoms with Crippen LogP contribution >= 0.6 is 11.6 Å². The predicted octanol–water partition coefficient (Wildman–Crippen LogP) is 5.00. The van der Waals surface area contributed by atoms with Crippen molar-refractivity contribution in [1.29, 1.82) is 0 Å². The smallest absolute Gasteiger partial charge is 0.309 e. The second-order valence-electron chi connectivity index (χ2n) is 7.22. The molecule has 1 fully saturated rings. The molecule has 1 aliphatic heterocycles. The van der Waals surface area contributed by atoms with Crippen molar-refractivity contribution in [3.8, 4) is 0 Å². The minimum atomic E-state index is -1.36. The van der Waals surface area contributed by atoms with Gasteiger partial charge in [0.25, 0.3) is 0 Å². The lowest BCUT2D eigenvalue weighted by atomic mass is 9.74. The van der Waals surface area contributed by atoms with E-state index in [0.29, 0.717) is 10.6 Å². The second kappa shape index (κ2) is 7.99. The van der Waals surface area contributed by atoms with E-state index in [9.17, 15) is 9.90 Å². The molecule has 5 heteroatoms. The lowest BCUT2D eigenvalue weighted by Crippen LogP contribution is -2.51. The summed E-state index contributed by atoms with van der Waals surface area (Å²) in [5.74, 6) is -2.35. The molecule has 0 unspecified atom stereocenters. The molecule has 4 rings (SSSR count). The zero-order chi connectivity index (χ0) is 20.3. The van der Waals surface area contributed by atoms with Crippen LogP contribution in [-0.4, -0.2) is 24.3 Å². The molecule has 0 aliphatic carbocycles. The maximum absolute atomic E-state index is 11.6. The van der Waals surface area contributed by atoms with E-state index in [-0.39, 0.29) is 19.6 Å². The summed E-state index contributed by atoms with van der Waals surface area (Å²) in [5.41, 5.74) is 2.23. The van der Waals surface area contributed by atoms with Crippen LogP contribution in [0.3, 0.4) is 0 Å². The van der Waals surface area contributed by atoms with Gasteiger partial charge in [-0.3, -0.25) is 4.79 Å². The summed E-state index contributed by atoms with van der Waals surface area (Å²) in [4.78, 5) is 11.6. The van der Waals surface area contributed by atoms with Gasteiger partial charge in [-0.25, -0.2) is 0 Å². The molecule has 1 N–H and O–H groups in total. The lowest BCUT2D eigenvalue weighted by molar-refractivity contribution is -0.295. The van der Waals surface area contributed by atoms with Crippen molar-refractivity contribution in [2.24, 2.45) is 0 Å². The van der Waals surface area contributed by atoms with E-state index in [4.69, 9.17) is 21.1 Å². The van der Waals surface area contributed by atoms with Crippen LogP contribution < -0.4 is 0 Å². The molecule has 0 aromatic heterocycles. The summed E-state index contributed by atoms with van der Waals surface area (Å²) < 4.78 is 12.6. The molecule has 0 amide bonds. The normalized spacial score (nSPS) is 17.6. The number of carboxylic acids is 1. The molecular formula is C24H21ClO4. The van der Waals surface area contributed by atoms with Gasteiger partial charge in [0.05, 0.1) is 18.6 Å². The minimum Gasteiger partial charge on any atom is -0.481 e. The Morgan fingerprint density at radius 1 is 0.793 bits per heavy atom. The van der Waals surface area contributed by atoms with Crippen LogP contribution in [0.5, 0.6) is 0 Å². The third-order valence-corrected chi connectivity index (χ3v) is 5.68. The Morgan fingerprint density at radius 3 is 1.72 bits per heavy atom. The first-order valence-electron chi connectivity index (χ1n) is 9.41. The Morgan fingerprint density at radius 2 is 1.28 bits per heavy atom. The first-order chi connectivity index (χ1) is 14.0. The van der Waals surface area contributed by atoms with Crippen LogP contribution in [0.15, 0.2) is 84.9 Å². The molecule has 0 radical (unpaired) electrons. The maximum atomic E-state index is 11.6. The van der Waals surface area contributed by atoms with Gasteiger partial charge in [0, 0.05) is 10.6 Å². The molecule has 1 aliphatic rings. The SMILES string of the molecule is O=C(O)CC1(c2ccc(Cl)cc2)OCC(c2ccccc2)(c2ccccc2)CO1. The molecule has 3 aromatic rings. The fraction of sp³-hybridized carbons (Fsp3) is 0.208. The molecule has 1 saturated heterocycles. The average molecular weight is 409 g/mol. The molecular weight excluding hydrogens is 388 g/mol. The standard InChI is InChI=1S/C24H21ClO4/c25-21-13-11-20(12-14-21)24(15-22(26)27)28-16-23(17-29-24,18-7-3-1-4-8-18)19-9-5-2-6-10-19/h1-14H,15-17H2,(H,26,27). The van der Waals surface area contributed by atoms with Gasteiger partial charge in [-0.2, -0.15) is 0 Å². The Balaban J connectivity index is 1.74. The summed E-state index contributed by atoms with van der Waals surface area (Å²) in [6.45, 7) is 0.577. The number of rotatable bonds is 5. The van der Waals surface area contributed by atoms with E-state index in [2.05, 4.69) is 0 Å². The van der Waals surface area contributed by atoms with Crippen molar-refractivity contribution >= 4 is 17.6 Å². The molecule has 29 heavy (non-hydrogen) atoms. The first-order valence-corrected chi connectivity index (χ1v) is 9.79. The molecule has 0 spiro atoms. The molecule has 148 valence electrons. The van der Waals surface area contributed by atoms with E-state index in [1.54, 1.807) is 24.3 Å². The summed E-state index contributed by atoms with van der Waals surface area (Å²) in [7, 11) is 0. The molecule has 0 bridgehead atoms. The monoisotopic (exact) mass is 408 g/mol. The highest BCUT2D eigenvalue weighted by molar-refractivity contribution is 6.30. The van der Waals surface area contributed by atoms with Crippen molar-refractivity contribution < 1.29 is 19.4 Å². The highest BCUT2D eigenvalue weighted by atomic mass is 35.5. The number of halogens is 1. The minimum absolute atomic E-state index is 0.289. The number of carboxylic acid groups (broad SMARTS) is 1. The van der Waals surface area contributed by atoms with Crippen LogP contribution in [0, 0.1) is 0 Å². The fourth-order valence-corrected chi connectivity index (χ4v) is 3.98. The van der Waals surface area contributed by atoms with Crippen LogP contribution in [0.1, 0.15) is 23.1 Å². The summed E-state index contributed by atoms with van der Waals surface area (Å²) in [6.07, 6.45) is -0.297. The molecule has 4 nitrogen and oxygen atoms in total. The predicted molar refractivity (Wildman–Crippen MR) is 111 cm³/mol. The maximum Gasteiger partial charge on any atom is 0.309 e. The molecule has 0 atom stereocenters. The van der Waals surface area contributed by atoms with Gasteiger partial charge < -0.3 is 14.6 Å². The van der Waals surface area contributed by atoms with Crippen molar-refractivity contribution in [3.05, 3.63) is 107 Å². The van der Waals surface area contributed by atoms with Crippen LogP contribution in [0.25, 0.3) is 0 Å². The average Bonchev–Trinajstić information content (AvgIpc) is 2.76. The van der Waals surface area contributed by atoms with Crippen LogP contribution in [-0.2, 0) is 25.5 Å². The van der Waals surface area contributed by atoms with Gasteiger partial charge in [-0.05, 0) is 23.3 Å². The Kier molecular flexibility index (Phi) is 5.41. The number of aliphatic carboxylic acids is 1. The topological polar surface area (TPSA) is 55.8 Å². The van der Waals surface area contributed by atoms with Crippen molar-refractivity contribution in [3.63, 3.8) is 0 Å². The van der Waals surface area contributed by atoms with Crippen LogP contribution in [0.4, 0.5) is 0 Å². The van der Waals surface area contributed by atoms with Gasteiger partial charge >= 0.3 is 5.97 Å². The van der Waals surface area contributed by atoms with Gasteiger partial charge in [-0.15, -0.1) is 0 Å². The van der Waals surface area contributed by atoms with E-state index in [0.717, 1.165) is 11.1 Å². The van der Waals surface area contributed by atoms with E-state index < -0.39 is 17.2 Å². The Labute approximate surface area is 174 Å². The highest BCUT2D eigenvalue weighted by Crippen LogP contribution is 2.44. The van der Waals surface area contributed by atoms with Gasteiger partial charge in [0.2, 0.25) is 5.79 Å². The third kappa shape index (κ3) is 3.79. The Bertz CT molecular complexity index is 921. The van der Waals surface area contributed by atoms with Gasteiger partial charge in [0.1, 0.15) is 6.42 Å². The number of ether oxygens (including phenoxy) is 2. The molecule has 1 heterocycles. The summed E-state index contributed by atoms with van der Waals surface area (Å²) in [6, 6.07) is 27.0. The second-order valence-corrected chi connectivity index (χ2v) is 7.66. The molecule has 0 saturated carbocycles. The van der Waals surface area contributed by atoms with Crippen molar-refractivity contribution in [2.75, 3.05) is 13.2 Å². The van der Waals surface area contributed by atoms with Gasteiger partial charge in [-0.1, -0.05) is 84.4 Å². The number of benzene rings is 3. The summed E-state index contributed by atoms with van der Waals surface area (Å²) >= 11 is 6.01. The fourth-order valence-electron chi connectivity index (χ4n) is 3.85. The number of hydrogen-bond acceptors (Lipinski definition) is 3. The number of carbonyl (C=O) groups is 1. The summed E-state index contributed by atoms with van der Waals surface area (Å²) in [5, 5.41) is 10.1. The quantitative estimate of drug-likeness (QED) is 0.645.